The van der Waals surface area contributed by atoms with Crippen molar-refractivity contribution in [2.24, 2.45) is 0 Å². The Morgan fingerprint density at radius 1 is 0.672 bits per heavy atom. The number of hydrogen-bond donors (Lipinski definition) is 2. The van der Waals surface area contributed by atoms with Gasteiger partial charge < -0.3 is 38.8 Å². The minimum Gasteiger partial charge on any atom is -0.497 e. The summed E-state index contributed by atoms with van der Waals surface area (Å²) < 4.78 is 87.8. The van der Waals surface area contributed by atoms with E-state index in [-0.39, 0.29) is 41.9 Å². The molecule has 2 N–H and O–H groups in total. The van der Waals surface area contributed by atoms with Crippen molar-refractivity contribution < 1.29 is 57.2 Å². The van der Waals surface area contributed by atoms with Crippen LogP contribution in [0.5, 0.6) is 23.0 Å². The highest BCUT2D eigenvalue weighted by Crippen LogP contribution is 2.31. The normalized spacial score (nSPS) is 15.9. The Kier molecular flexibility index (Phi) is 13.3. The van der Waals surface area contributed by atoms with E-state index >= 15 is 0 Å². The van der Waals surface area contributed by atoms with Crippen molar-refractivity contribution in [3.63, 3.8) is 0 Å². The van der Waals surface area contributed by atoms with Gasteiger partial charge in [0.2, 0.25) is 0 Å². The monoisotopic (exact) mass is 900 g/mol. The Morgan fingerprint density at radius 3 is 1.64 bits per heavy atom. The number of fused-ring (bicyclic) bond motifs is 2. The fourth-order valence-corrected chi connectivity index (χ4v) is 6.43. The van der Waals surface area contributed by atoms with Crippen molar-refractivity contribution in [1.29, 1.82) is 0 Å². The zero-order valence-electron chi connectivity index (χ0n) is 36.5. The van der Waals surface area contributed by atoms with Gasteiger partial charge in [0.1, 0.15) is 36.1 Å². The molecule has 8 rings (SSSR count). The Bertz CT molecular complexity index is 2560. The molecule has 6 aromatic rings. The summed E-state index contributed by atoms with van der Waals surface area (Å²) in [7, 11) is -0.0853. The molecule has 0 aliphatic carbocycles. The van der Waals surface area contributed by atoms with Gasteiger partial charge in [0.25, 0.3) is 11.8 Å². The van der Waals surface area contributed by atoms with Crippen LogP contribution in [0, 0.1) is 0 Å². The Morgan fingerprint density at radius 2 is 1.15 bits per heavy atom. The molecular weight excluding hydrogens is 856 g/mol. The Labute approximate surface area is 365 Å². The van der Waals surface area contributed by atoms with Gasteiger partial charge in [0.15, 0.2) is 0 Å². The molecule has 0 spiro atoms. The maximum absolute atomic E-state index is 13.3. The molecule has 6 aromatic carbocycles. The van der Waals surface area contributed by atoms with Crippen LogP contribution in [0.4, 0.5) is 13.2 Å². The van der Waals surface area contributed by atoms with E-state index in [0.717, 1.165) is 56.7 Å². The maximum Gasteiger partial charge on any atom is 0.573 e. The summed E-state index contributed by atoms with van der Waals surface area (Å²) in [5.74, 6) is 0.399. The quantitative estimate of drug-likeness (QED) is 0.147. The summed E-state index contributed by atoms with van der Waals surface area (Å²) in [6.45, 7) is -3.51. The van der Waals surface area contributed by atoms with Crippen LogP contribution in [0.1, 0.15) is 37.3 Å². The highest BCUT2D eigenvalue weighted by Gasteiger charge is 2.31. The molecule has 15 heteroatoms. The molecule has 0 atom stereocenters. The Balaban J connectivity index is 0.000000172. The zero-order valence-corrected chi connectivity index (χ0v) is 34.1. The number of rotatable bonds is 8. The first kappa shape index (κ1) is 38.9. The number of alkyl halides is 3. The highest BCUT2D eigenvalue weighted by molar-refractivity contribution is 9.10. The standard InChI is InChI=1S/C23H21NO3.C16H14BrNO2.C7H6BF3O3/c1-26-20-10-7-18(8-11-20)19-9-12-22-21(15-19)23(25)24(13-14-27-22)16-17-5-3-2-4-6-17;17-13-6-7-15-14(10-13)16(19)18(8-9-20-15)11-12-4-2-1-3-5-12;9-7(10,11)14-6-3-1-5(2-4-6)8(12)13/h2-12,15H,13-14,16H2,1H3;1-7,10H,8-9,11H2;1-4,12-13H/i14D2;9D2;. The van der Waals surface area contributed by atoms with Crippen molar-refractivity contribution in [3.05, 3.63) is 172 Å². The van der Waals surface area contributed by atoms with Crippen LogP contribution in [0.2, 0.25) is 0 Å². The summed E-state index contributed by atoms with van der Waals surface area (Å²) in [6.07, 6.45) is -4.74. The molecule has 0 radical (unpaired) electrons. The van der Waals surface area contributed by atoms with E-state index in [2.05, 4.69) is 20.7 Å². The molecule has 61 heavy (non-hydrogen) atoms. The molecular formula is C46H41BBrF3N2O8. The second-order valence-electron chi connectivity index (χ2n) is 13.4. The molecule has 0 unspecified atom stereocenters. The van der Waals surface area contributed by atoms with E-state index in [0.29, 0.717) is 24.2 Å². The number of amides is 2. The minimum atomic E-state index is -4.74. The number of ether oxygens (including phenoxy) is 4. The second-order valence-corrected chi connectivity index (χ2v) is 14.3. The predicted molar refractivity (Wildman–Crippen MR) is 229 cm³/mol. The van der Waals surface area contributed by atoms with Crippen molar-refractivity contribution in [2.45, 2.75) is 19.5 Å². The molecule has 2 aliphatic heterocycles. The summed E-state index contributed by atoms with van der Waals surface area (Å²) in [5, 5.41) is 17.3. The van der Waals surface area contributed by atoms with Crippen LogP contribution in [-0.4, -0.2) is 78.5 Å². The smallest absolute Gasteiger partial charge is 0.497 e. The van der Waals surface area contributed by atoms with Crippen molar-refractivity contribution in [1.82, 2.24) is 9.80 Å². The van der Waals surface area contributed by atoms with Crippen LogP contribution in [0.25, 0.3) is 11.1 Å². The molecule has 0 saturated carbocycles. The van der Waals surface area contributed by atoms with E-state index in [1.54, 1.807) is 37.4 Å². The van der Waals surface area contributed by atoms with Gasteiger partial charge in [0, 0.05) is 17.6 Å². The fraction of sp³-hybridized carbons (Fsp3) is 0.174. The first-order valence-electron chi connectivity index (χ1n) is 20.6. The van der Waals surface area contributed by atoms with Gasteiger partial charge in [-0.15, -0.1) is 13.2 Å². The number of carbonyl (C=O) groups is 2. The van der Waals surface area contributed by atoms with Crippen LogP contribution >= 0.6 is 15.9 Å². The van der Waals surface area contributed by atoms with Gasteiger partial charge in [0.05, 0.1) is 36.8 Å². The molecule has 0 saturated heterocycles. The molecule has 10 nitrogen and oxygen atoms in total. The van der Waals surface area contributed by atoms with Gasteiger partial charge in [-0.3, -0.25) is 9.59 Å². The van der Waals surface area contributed by atoms with Crippen molar-refractivity contribution in [3.8, 4) is 34.1 Å². The lowest BCUT2D eigenvalue weighted by atomic mass is 9.80. The molecule has 2 aliphatic rings. The molecule has 0 fully saturated rings. The molecule has 2 amide bonds. The maximum atomic E-state index is 13.3. The SMILES string of the molecule is OB(O)c1ccc(OC(F)(F)F)cc1.[2H]C1([2H])CN(Cc2ccccc2)C(=O)c2cc(-c3ccc(OC)cc3)ccc2O1.[2H]C1([2H])CN(Cc2ccccc2)C(=O)c2cc(Br)ccc2O1. The van der Waals surface area contributed by atoms with Gasteiger partial charge in [-0.1, -0.05) is 107 Å². The van der Waals surface area contributed by atoms with Gasteiger partial charge >= 0.3 is 13.5 Å². The average Bonchev–Trinajstić information content (AvgIpc) is 3.42. The van der Waals surface area contributed by atoms with Crippen LogP contribution in [0.3, 0.4) is 0 Å². The molecule has 2 heterocycles. The minimum absolute atomic E-state index is 0.0968. The average molecular weight is 902 g/mol. The number of nitrogens with zero attached hydrogens (tertiary/aromatic N) is 2. The number of benzene rings is 6. The Hall–Kier alpha value is -6.29. The fourth-order valence-electron chi connectivity index (χ4n) is 6.07. The van der Waals surface area contributed by atoms with Gasteiger partial charge in [-0.05, 0) is 82.3 Å². The third-order valence-corrected chi connectivity index (χ3v) is 9.59. The van der Waals surface area contributed by atoms with Crippen LogP contribution in [-0.2, 0) is 13.1 Å². The summed E-state index contributed by atoms with van der Waals surface area (Å²) in [5.41, 5.74) is 4.49. The number of carbonyl (C=O) groups excluding carboxylic acids is 2. The van der Waals surface area contributed by atoms with E-state index in [1.165, 1.54) is 9.80 Å². The zero-order chi connectivity index (χ0) is 46.9. The summed E-state index contributed by atoms with van der Waals surface area (Å²) >= 11 is 3.34. The van der Waals surface area contributed by atoms with E-state index in [9.17, 15) is 22.8 Å². The number of halogens is 4. The number of methoxy groups -OCH3 is 1. The lowest BCUT2D eigenvalue weighted by Crippen LogP contribution is -2.31. The molecule has 0 aromatic heterocycles. The molecule has 314 valence electrons. The number of hydrogen-bond acceptors (Lipinski definition) is 8. The first-order chi connectivity index (χ1) is 30.8. The lowest BCUT2D eigenvalue weighted by Gasteiger charge is -2.20. The largest absolute Gasteiger partial charge is 0.573 e. The molecule has 0 bridgehead atoms. The summed E-state index contributed by atoms with van der Waals surface area (Å²) in [6, 6.07) is 41.2. The van der Waals surface area contributed by atoms with Crippen molar-refractivity contribution in [2.75, 3.05) is 33.3 Å². The topological polar surface area (TPSA) is 118 Å². The third kappa shape index (κ3) is 12.6. The van der Waals surface area contributed by atoms with Gasteiger partial charge in [-0.25, -0.2) is 0 Å². The third-order valence-electron chi connectivity index (χ3n) is 9.10. The second kappa shape index (κ2) is 20.8. The first-order valence-corrected chi connectivity index (χ1v) is 19.4. The summed E-state index contributed by atoms with van der Waals surface area (Å²) in [4.78, 5) is 29.0. The van der Waals surface area contributed by atoms with Crippen LogP contribution in [0.15, 0.2) is 150 Å². The van der Waals surface area contributed by atoms with Crippen LogP contribution < -0.4 is 24.4 Å². The van der Waals surface area contributed by atoms with E-state index in [4.69, 9.17) is 29.7 Å². The van der Waals surface area contributed by atoms with E-state index < -0.39 is 32.3 Å². The predicted octanol–water partition coefficient (Wildman–Crippen LogP) is 8.15. The van der Waals surface area contributed by atoms with Gasteiger partial charge in [-0.2, -0.15) is 0 Å². The van der Waals surface area contributed by atoms with E-state index in [1.807, 2.05) is 91.0 Å². The highest BCUT2D eigenvalue weighted by atomic mass is 79.9. The van der Waals surface area contributed by atoms with Crippen molar-refractivity contribution >= 4 is 40.3 Å². The lowest BCUT2D eigenvalue weighted by molar-refractivity contribution is -0.274.